The van der Waals surface area contributed by atoms with Gasteiger partial charge in [0.05, 0.1) is 29.3 Å². The predicted molar refractivity (Wildman–Crippen MR) is 81.7 cm³/mol. The minimum atomic E-state index is -3.46. The monoisotopic (exact) mass is 296 g/mol. The Hall–Kier alpha value is -2.58. The summed E-state index contributed by atoms with van der Waals surface area (Å²) in [5.41, 5.74) is 2.94. The van der Waals surface area contributed by atoms with Gasteiger partial charge in [-0.3, -0.25) is 4.31 Å². The number of nitrogens with zero attached hydrogens (tertiary/aromatic N) is 2. The molecule has 5 heteroatoms. The summed E-state index contributed by atoms with van der Waals surface area (Å²) in [6.45, 7) is 0.245. The minimum absolute atomic E-state index is 0.245. The van der Waals surface area contributed by atoms with Gasteiger partial charge in [-0.1, -0.05) is 30.3 Å². The van der Waals surface area contributed by atoms with Crippen LogP contribution in [0.15, 0.2) is 53.9 Å². The Bertz CT molecular complexity index is 847. The van der Waals surface area contributed by atoms with Crippen molar-refractivity contribution in [3.8, 4) is 6.07 Å². The molecule has 2 aromatic carbocycles. The van der Waals surface area contributed by atoms with Crippen LogP contribution in [-0.2, 0) is 16.6 Å². The molecule has 21 heavy (non-hydrogen) atoms. The molecule has 3 rings (SSSR count). The first-order chi connectivity index (χ1) is 10.1. The van der Waals surface area contributed by atoms with Crippen LogP contribution in [0.3, 0.4) is 0 Å². The molecular formula is C16H12N2O2S. The van der Waals surface area contributed by atoms with E-state index in [1.165, 1.54) is 9.71 Å². The molecule has 1 aliphatic rings. The Labute approximate surface area is 123 Å². The second-order valence-electron chi connectivity index (χ2n) is 4.72. The van der Waals surface area contributed by atoms with Gasteiger partial charge >= 0.3 is 0 Å². The summed E-state index contributed by atoms with van der Waals surface area (Å²) < 4.78 is 25.9. The predicted octanol–water partition coefficient (Wildman–Crippen LogP) is 2.88. The van der Waals surface area contributed by atoms with Gasteiger partial charge in [-0.05, 0) is 35.4 Å². The van der Waals surface area contributed by atoms with Crippen molar-refractivity contribution >= 4 is 21.8 Å². The van der Waals surface area contributed by atoms with Crippen molar-refractivity contribution < 1.29 is 8.42 Å². The van der Waals surface area contributed by atoms with E-state index in [0.717, 1.165) is 11.1 Å². The van der Waals surface area contributed by atoms with Crippen LogP contribution >= 0.6 is 0 Å². The smallest absolute Gasteiger partial charge is 0.257 e. The van der Waals surface area contributed by atoms with E-state index in [4.69, 9.17) is 5.26 Å². The van der Waals surface area contributed by atoms with Gasteiger partial charge in [0.25, 0.3) is 10.0 Å². The molecule has 0 aromatic heterocycles. The number of anilines is 1. The molecule has 104 valence electrons. The molecule has 0 saturated heterocycles. The zero-order valence-corrected chi connectivity index (χ0v) is 11.9. The number of hydrogen-bond acceptors (Lipinski definition) is 3. The standard InChI is InChI=1S/C16H12N2O2S/c17-11-13-5-7-14(8-6-13)12-18-16-4-2-1-3-15(16)9-10-21(18,19)20/h1-10H,12H2. The van der Waals surface area contributed by atoms with Crippen molar-refractivity contribution in [2.45, 2.75) is 6.54 Å². The summed E-state index contributed by atoms with van der Waals surface area (Å²) in [4.78, 5) is 0. The molecule has 0 fully saturated rings. The first-order valence-corrected chi connectivity index (χ1v) is 7.89. The Balaban J connectivity index is 1.99. The number of fused-ring (bicyclic) bond motifs is 1. The molecule has 1 aliphatic heterocycles. The molecule has 0 unspecified atom stereocenters. The van der Waals surface area contributed by atoms with Crippen LogP contribution < -0.4 is 4.31 Å². The molecule has 4 nitrogen and oxygen atoms in total. The fourth-order valence-electron chi connectivity index (χ4n) is 2.25. The maximum absolute atomic E-state index is 12.3. The molecule has 0 amide bonds. The lowest BCUT2D eigenvalue weighted by Crippen LogP contribution is -2.31. The summed E-state index contributed by atoms with van der Waals surface area (Å²) in [5.74, 6) is 0. The fourth-order valence-corrected chi connectivity index (χ4v) is 3.49. The lowest BCUT2D eigenvalue weighted by molar-refractivity contribution is 0.599. The third-order valence-electron chi connectivity index (χ3n) is 3.34. The van der Waals surface area contributed by atoms with E-state index in [-0.39, 0.29) is 6.54 Å². The largest absolute Gasteiger partial charge is 0.262 e. The van der Waals surface area contributed by atoms with Crippen molar-refractivity contribution in [3.63, 3.8) is 0 Å². The first kappa shape index (κ1) is 13.4. The van der Waals surface area contributed by atoms with Gasteiger partial charge in [-0.15, -0.1) is 0 Å². The van der Waals surface area contributed by atoms with Gasteiger partial charge in [-0.25, -0.2) is 8.42 Å². The molecule has 0 aliphatic carbocycles. The maximum atomic E-state index is 12.3. The minimum Gasteiger partial charge on any atom is -0.262 e. The molecule has 0 spiro atoms. The molecule has 0 N–H and O–H groups in total. The molecule has 1 heterocycles. The Morgan fingerprint density at radius 2 is 1.76 bits per heavy atom. The van der Waals surface area contributed by atoms with Crippen LogP contribution in [0.2, 0.25) is 0 Å². The van der Waals surface area contributed by atoms with Crippen molar-refractivity contribution in [1.29, 1.82) is 5.26 Å². The van der Waals surface area contributed by atoms with Crippen molar-refractivity contribution in [2.24, 2.45) is 0 Å². The quantitative estimate of drug-likeness (QED) is 0.856. The second kappa shape index (κ2) is 5.08. The third-order valence-corrected chi connectivity index (χ3v) is 4.76. The third kappa shape index (κ3) is 2.54. The Morgan fingerprint density at radius 1 is 1.05 bits per heavy atom. The van der Waals surface area contributed by atoms with Gasteiger partial charge in [0, 0.05) is 0 Å². The maximum Gasteiger partial charge on any atom is 0.257 e. The summed E-state index contributed by atoms with van der Waals surface area (Å²) in [5, 5.41) is 10.0. The zero-order valence-electron chi connectivity index (χ0n) is 11.1. The van der Waals surface area contributed by atoms with Crippen molar-refractivity contribution in [3.05, 3.63) is 70.6 Å². The van der Waals surface area contributed by atoms with Crippen LogP contribution in [0.25, 0.3) is 6.08 Å². The van der Waals surface area contributed by atoms with Gasteiger partial charge in [0.2, 0.25) is 0 Å². The normalized spacial score (nSPS) is 15.3. The van der Waals surface area contributed by atoms with Gasteiger partial charge in [0.15, 0.2) is 0 Å². The Kier molecular flexibility index (Phi) is 3.24. The molecule has 2 aromatic rings. The first-order valence-electron chi connectivity index (χ1n) is 6.39. The molecular weight excluding hydrogens is 284 g/mol. The molecule has 0 atom stereocenters. The van der Waals surface area contributed by atoms with E-state index < -0.39 is 10.0 Å². The highest BCUT2D eigenvalue weighted by molar-refractivity contribution is 7.95. The van der Waals surface area contributed by atoms with Crippen LogP contribution in [0.5, 0.6) is 0 Å². The van der Waals surface area contributed by atoms with Crippen LogP contribution in [-0.4, -0.2) is 8.42 Å². The summed E-state index contributed by atoms with van der Waals surface area (Å²) in [6.07, 6.45) is 1.61. The van der Waals surface area contributed by atoms with E-state index in [1.54, 1.807) is 36.4 Å². The fraction of sp³-hybridized carbons (Fsp3) is 0.0625. The second-order valence-corrected chi connectivity index (χ2v) is 6.46. The van der Waals surface area contributed by atoms with Crippen molar-refractivity contribution in [1.82, 2.24) is 0 Å². The number of sulfonamides is 1. The number of hydrogen-bond donors (Lipinski definition) is 0. The number of nitriles is 1. The van der Waals surface area contributed by atoms with Crippen LogP contribution in [0.1, 0.15) is 16.7 Å². The van der Waals surface area contributed by atoms with E-state index in [0.29, 0.717) is 11.3 Å². The van der Waals surface area contributed by atoms with Gasteiger partial charge in [-0.2, -0.15) is 5.26 Å². The van der Waals surface area contributed by atoms with Gasteiger partial charge in [0.1, 0.15) is 0 Å². The highest BCUT2D eigenvalue weighted by Crippen LogP contribution is 2.31. The number of benzene rings is 2. The average molecular weight is 296 g/mol. The van der Waals surface area contributed by atoms with E-state index >= 15 is 0 Å². The highest BCUT2D eigenvalue weighted by Gasteiger charge is 2.25. The lowest BCUT2D eigenvalue weighted by Gasteiger charge is -2.27. The number of para-hydroxylation sites is 1. The van der Waals surface area contributed by atoms with Crippen LogP contribution in [0, 0.1) is 11.3 Å². The van der Waals surface area contributed by atoms with Crippen LogP contribution in [0.4, 0.5) is 5.69 Å². The number of rotatable bonds is 2. The SMILES string of the molecule is N#Cc1ccc(CN2c3ccccc3C=CS2(=O)=O)cc1. The molecule has 0 bridgehead atoms. The van der Waals surface area contributed by atoms with E-state index in [9.17, 15) is 8.42 Å². The average Bonchev–Trinajstić information content (AvgIpc) is 2.51. The summed E-state index contributed by atoms with van der Waals surface area (Å²) in [7, 11) is -3.46. The zero-order chi connectivity index (χ0) is 14.9. The van der Waals surface area contributed by atoms with E-state index in [2.05, 4.69) is 0 Å². The van der Waals surface area contributed by atoms with Crippen molar-refractivity contribution in [2.75, 3.05) is 4.31 Å². The topological polar surface area (TPSA) is 61.2 Å². The summed E-state index contributed by atoms with van der Waals surface area (Å²) >= 11 is 0. The molecule has 0 radical (unpaired) electrons. The Morgan fingerprint density at radius 3 is 2.48 bits per heavy atom. The van der Waals surface area contributed by atoms with E-state index in [1.807, 2.05) is 24.3 Å². The highest BCUT2D eigenvalue weighted by atomic mass is 32.2. The lowest BCUT2D eigenvalue weighted by atomic mass is 10.1. The molecule has 0 saturated carbocycles. The van der Waals surface area contributed by atoms with Gasteiger partial charge < -0.3 is 0 Å². The summed E-state index contributed by atoms with van der Waals surface area (Å²) in [6, 6.07) is 16.3.